The van der Waals surface area contributed by atoms with E-state index in [1.165, 1.54) is 7.11 Å². The predicted molar refractivity (Wildman–Crippen MR) is 118 cm³/mol. The number of carbonyl (C=O) groups excluding carboxylic acids is 1. The van der Waals surface area contributed by atoms with E-state index >= 15 is 0 Å². The van der Waals surface area contributed by atoms with Crippen LogP contribution in [0, 0.1) is 0 Å². The van der Waals surface area contributed by atoms with E-state index in [1.807, 2.05) is 54.6 Å². The largest absolute Gasteiger partial charge is 0.464 e. The van der Waals surface area contributed by atoms with E-state index in [1.54, 1.807) is 0 Å². The summed E-state index contributed by atoms with van der Waals surface area (Å²) in [5.74, 6) is 0.207. The van der Waals surface area contributed by atoms with Crippen molar-refractivity contribution < 1.29 is 9.53 Å². The molecule has 0 fully saturated rings. The molecule has 2 aromatic heterocycles. The molecule has 0 amide bonds. The Labute approximate surface area is 178 Å². The Morgan fingerprint density at radius 2 is 1.87 bits per heavy atom. The molecule has 156 valence electrons. The fourth-order valence-corrected chi connectivity index (χ4v) is 4.21. The lowest BCUT2D eigenvalue weighted by Crippen LogP contribution is -2.35. The van der Waals surface area contributed by atoms with Gasteiger partial charge in [0, 0.05) is 48.1 Å². The van der Waals surface area contributed by atoms with Crippen LogP contribution in [-0.4, -0.2) is 39.5 Å². The van der Waals surface area contributed by atoms with Crippen LogP contribution < -0.4 is 5.56 Å². The molecule has 3 heterocycles. The van der Waals surface area contributed by atoms with Gasteiger partial charge in [-0.05, 0) is 6.07 Å². The molecule has 0 bridgehead atoms. The van der Waals surface area contributed by atoms with Gasteiger partial charge >= 0.3 is 5.97 Å². The van der Waals surface area contributed by atoms with Crippen LogP contribution in [0.1, 0.15) is 27.3 Å². The summed E-state index contributed by atoms with van der Waals surface area (Å²) in [6.45, 7) is 1.76. The number of carbonyl (C=O) groups is 1. The number of nitrogens with one attached hydrogen (secondary N) is 2. The van der Waals surface area contributed by atoms with E-state index in [0.29, 0.717) is 36.6 Å². The van der Waals surface area contributed by atoms with Gasteiger partial charge in [0.15, 0.2) is 0 Å². The number of aromatic nitrogens is 3. The average Bonchev–Trinajstić information content (AvgIpc) is 3.18. The number of ether oxygens (including phenoxy) is 1. The monoisotopic (exact) mass is 414 g/mol. The fraction of sp³-hybridized carbons (Fsp3) is 0.208. The molecule has 4 aromatic rings. The Bertz CT molecular complexity index is 1320. The van der Waals surface area contributed by atoms with Crippen LogP contribution in [0.25, 0.3) is 22.3 Å². The second-order valence-electron chi connectivity index (χ2n) is 7.68. The summed E-state index contributed by atoms with van der Waals surface area (Å²) < 4.78 is 4.97. The number of para-hydroxylation sites is 1. The summed E-state index contributed by atoms with van der Waals surface area (Å²) in [6.07, 6.45) is 0.676. The highest BCUT2D eigenvalue weighted by Crippen LogP contribution is 2.27. The minimum absolute atomic E-state index is 0.110. The molecule has 5 rings (SSSR count). The molecule has 7 nitrogen and oxygen atoms in total. The Kier molecular flexibility index (Phi) is 4.88. The standard InChI is InChI=1S/C24H22N4O3/c1-31-24(30)21-17(16-9-5-6-10-19(16)25-21)13-28-12-11-20-18(14-28)23(29)27-22(26-20)15-7-3-2-4-8-15/h2-10,25H,11-14H2,1H3,(H,26,27,29). The predicted octanol–water partition coefficient (Wildman–Crippen LogP) is 3.26. The van der Waals surface area contributed by atoms with Crippen molar-refractivity contribution in [2.45, 2.75) is 19.5 Å². The van der Waals surface area contributed by atoms with Gasteiger partial charge in [0.1, 0.15) is 11.5 Å². The molecule has 2 N–H and O–H groups in total. The molecule has 0 atom stereocenters. The van der Waals surface area contributed by atoms with E-state index in [2.05, 4.69) is 14.9 Å². The van der Waals surface area contributed by atoms with E-state index in [0.717, 1.165) is 34.3 Å². The first kappa shape index (κ1) is 19.3. The molecule has 0 spiro atoms. The Balaban J connectivity index is 1.46. The zero-order valence-electron chi connectivity index (χ0n) is 17.1. The summed E-state index contributed by atoms with van der Waals surface area (Å²) in [7, 11) is 1.38. The molecular weight excluding hydrogens is 392 g/mol. The van der Waals surface area contributed by atoms with Crippen LogP contribution >= 0.6 is 0 Å². The van der Waals surface area contributed by atoms with Crippen LogP contribution in [0.3, 0.4) is 0 Å². The molecule has 1 aliphatic rings. The first-order chi connectivity index (χ1) is 15.1. The molecular formula is C24H22N4O3. The van der Waals surface area contributed by atoms with Gasteiger partial charge in [0.05, 0.1) is 18.4 Å². The quantitative estimate of drug-likeness (QED) is 0.500. The highest BCUT2D eigenvalue weighted by Gasteiger charge is 2.25. The number of fused-ring (bicyclic) bond motifs is 2. The smallest absolute Gasteiger partial charge is 0.354 e. The molecule has 7 heteroatoms. The van der Waals surface area contributed by atoms with Crippen molar-refractivity contribution >= 4 is 16.9 Å². The third kappa shape index (κ3) is 3.53. The lowest BCUT2D eigenvalue weighted by molar-refractivity contribution is 0.0592. The topological polar surface area (TPSA) is 91.1 Å². The van der Waals surface area contributed by atoms with E-state index in [4.69, 9.17) is 9.72 Å². The number of aromatic amines is 2. The van der Waals surface area contributed by atoms with Gasteiger partial charge in [-0.2, -0.15) is 0 Å². The van der Waals surface area contributed by atoms with Crippen molar-refractivity contribution in [3.63, 3.8) is 0 Å². The molecule has 1 aliphatic heterocycles. The van der Waals surface area contributed by atoms with Gasteiger partial charge < -0.3 is 14.7 Å². The van der Waals surface area contributed by atoms with Gasteiger partial charge in [-0.15, -0.1) is 0 Å². The number of nitrogens with zero attached hydrogens (tertiary/aromatic N) is 2. The van der Waals surface area contributed by atoms with Gasteiger partial charge in [0.25, 0.3) is 5.56 Å². The fourth-order valence-electron chi connectivity index (χ4n) is 4.21. The van der Waals surface area contributed by atoms with Crippen molar-refractivity contribution in [3.05, 3.63) is 87.5 Å². The van der Waals surface area contributed by atoms with E-state index < -0.39 is 5.97 Å². The highest BCUT2D eigenvalue weighted by molar-refractivity contribution is 5.98. The van der Waals surface area contributed by atoms with Crippen molar-refractivity contribution in [1.82, 2.24) is 19.9 Å². The number of rotatable bonds is 4. The minimum atomic E-state index is -0.393. The van der Waals surface area contributed by atoms with E-state index in [9.17, 15) is 9.59 Å². The van der Waals surface area contributed by atoms with Crippen LogP contribution in [0.15, 0.2) is 59.4 Å². The molecule has 0 aliphatic carbocycles. The molecule has 2 aromatic carbocycles. The van der Waals surface area contributed by atoms with Gasteiger partial charge in [-0.25, -0.2) is 9.78 Å². The number of H-pyrrole nitrogens is 2. The third-order valence-electron chi connectivity index (χ3n) is 5.78. The zero-order chi connectivity index (χ0) is 21.4. The molecule has 0 radical (unpaired) electrons. The maximum absolute atomic E-state index is 12.8. The maximum atomic E-state index is 12.8. The second-order valence-corrected chi connectivity index (χ2v) is 7.68. The van der Waals surface area contributed by atoms with Gasteiger partial charge in [-0.3, -0.25) is 9.69 Å². The summed E-state index contributed by atoms with van der Waals surface area (Å²) in [4.78, 5) is 38.2. The van der Waals surface area contributed by atoms with Crippen LogP contribution in [0.4, 0.5) is 0 Å². The van der Waals surface area contributed by atoms with E-state index in [-0.39, 0.29) is 5.56 Å². The third-order valence-corrected chi connectivity index (χ3v) is 5.78. The lowest BCUT2D eigenvalue weighted by Gasteiger charge is -2.27. The van der Waals surface area contributed by atoms with Gasteiger partial charge in [-0.1, -0.05) is 48.5 Å². The average molecular weight is 414 g/mol. The molecule has 0 saturated carbocycles. The highest BCUT2D eigenvalue weighted by atomic mass is 16.5. The van der Waals surface area contributed by atoms with Gasteiger partial charge in [0.2, 0.25) is 0 Å². The Hall–Kier alpha value is -3.71. The lowest BCUT2D eigenvalue weighted by atomic mass is 10.0. The first-order valence-electron chi connectivity index (χ1n) is 10.2. The first-order valence-corrected chi connectivity index (χ1v) is 10.2. The number of benzene rings is 2. The van der Waals surface area contributed by atoms with Crippen LogP contribution in [-0.2, 0) is 24.2 Å². The second kappa shape index (κ2) is 7.85. The van der Waals surface area contributed by atoms with Crippen LogP contribution in [0.2, 0.25) is 0 Å². The number of methoxy groups -OCH3 is 1. The normalized spacial score (nSPS) is 13.8. The minimum Gasteiger partial charge on any atom is -0.464 e. The Morgan fingerprint density at radius 1 is 1.10 bits per heavy atom. The summed E-state index contributed by atoms with van der Waals surface area (Å²) in [5.41, 5.74) is 4.54. The number of hydrogen-bond acceptors (Lipinski definition) is 5. The van der Waals surface area contributed by atoms with Crippen molar-refractivity contribution in [1.29, 1.82) is 0 Å². The molecule has 31 heavy (non-hydrogen) atoms. The zero-order valence-corrected chi connectivity index (χ0v) is 17.1. The SMILES string of the molecule is COC(=O)c1[nH]c2ccccc2c1CN1CCc2nc(-c3ccccc3)[nH]c(=O)c2C1. The molecule has 0 saturated heterocycles. The summed E-state index contributed by atoms with van der Waals surface area (Å²) in [5, 5.41) is 0.986. The maximum Gasteiger partial charge on any atom is 0.354 e. The van der Waals surface area contributed by atoms with Crippen molar-refractivity contribution in [2.24, 2.45) is 0 Å². The summed E-state index contributed by atoms with van der Waals surface area (Å²) in [6, 6.07) is 17.5. The summed E-state index contributed by atoms with van der Waals surface area (Å²) >= 11 is 0. The molecule has 0 unspecified atom stereocenters. The number of esters is 1. The van der Waals surface area contributed by atoms with Crippen molar-refractivity contribution in [2.75, 3.05) is 13.7 Å². The number of hydrogen-bond donors (Lipinski definition) is 2. The Morgan fingerprint density at radius 3 is 2.68 bits per heavy atom. The van der Waals surface area contributed by atoms with Crippen LogP contribution in [0.5, 0.6) is 0 Å². The van der Waals surface area contributed by atoms with Crippen molar-refractivity contribution in [3.8, 4) is 11.4 Å².